The maximum Gasteiger partial charge on any atom is 0.410 e. The van der Waals surface area contributed by atoms with E-state index in [0.717, 1.165) is 17.2 Å². The number of carbonyl (C=O) groups excluding carboxylic acids is 1. The minimum Gasteiger partial charge on any atom is -0.478 e. The first kappa shape index (κ1) is 27.6. The van der Waals surface area contributed by atoms with Gasteiger partial charge in [0.1, 0.15) is 11.4 Å². The number of aryl methyl sites for hydroxylation is 1. The van der Waals surface area contributed by atoms with Crippen molar-refractivity contribution in [1.82, 2.24) is 4.90 Å². The molecule has 200 valence electrons. The summed E-state index contributed by atoms with van der Waals surface area (Å²) >= 11 is 5.99. The number of hydrogen-bond donors (Lipinski definition) is 2. The summed E-state index contributed by atoms with van der Waals surface area (Å²) in [5, 5.41) is 20.7. The molecule has 0 aromatic heterocycles. The second-order valence-corrected chi connectivity index (χ2v) is 11.0. The van der Waals surface area contributed by atoms with Crippen molar-refractivity contribution in [1.29, 1.82) is 0 Å². The highest BCUT2D eigenvalue weighted by Gasteiger charge is 2.33. The molecule has 0 bridgehead atoms. The summed E-state index contributed by atoms with van der Waals surface area (Å²) in [5.41, 5.74) is 2.83. The van der Waals surface area contributed by atoms with Crippen LogP contribution in [0, 0.1) is 5.82 Å². The molecule has 0 saturated carbocycles. The van der Waals surface area contributed by atoms with Crippen LogP contribution < -0.4 is 0 Å². The van der Waals surface area contributed by atoms with E-state index in [1.54, 1.807) is 49.9 Å². The number of carbonyl (C=O) groups is 2. The summed E-state index contributed by atoms with van der Waals surface area (Å²) in [4.78, 5) is 26.1. The molecule has 0 spiro atoms. The van der Waals surface area contributed by atoms with Gasteiger partial charge in [0.2, 0.25) is 0 Å². The molecule has 0 radical (unpaired) electrons. The average Bonchev–Trinajstić information content (AvgIpc) is 2.85. The first-order valence-corrected chi connectivity index (χ1v) is 12.9. The van der Waals surface area contributed by atoms with Gasteiger partial charge in [-0.2, -0.15) is 0 Å². The zero-order valence-electron chi connectivity index (χ0n) is 21.6. The smallest absolute Gasteiger partial charge is 0.410 e. The lowest BCUT2D eigenvalue weighted by Crippen LogP contribution is -2.47. The lowest BCUT2D eigenvalue weighted by Gasteiger charge is -2.37. The molecule has 1 amide bonds. The number of halogens is 2. The Kier molecular flexibility index (Phi) is 8.09. The van der Waals surface area contributed by atoms with Crippen molar-refractivity contribution >= 4 is 23.7 Å². The quantitative estimate of drug-likeness (QED) is 0.365. The summed E-state index contributed by atoms with van der Waals surface area (Å²) < 4.78 is 20.5. The maximum absolute atomic E-state index is 14.8. The third-order valence-corrected chi connectivity index (χ3v) is 6.88. The molecule has 38 heavy (non-hydrogen) atoms. The van der Waals surface area contributed by atoms with Gasteiger partial charge in [0.15, 0.2) is 0 Å². The number of hydrogen-bond acceptors (Lipinski definition) is 4. The minimum absolute atomic E-state index is 0.0432. The number of nitrogens with zero attached hydrogens (tertiary/aromatic N) is 1. The molecule has 4 rings (SSSR count). The highest BCUT2D eigenvalue weighted by molar-refractivity contribution is 6.30. The van der Waals surface area contributed by atoms with E-state index in [9.17, 15) is 19.1 Å². The van der Waals surface area contributed by atoms with Gasteiger partial charge < -0.3 is 19.8 Å². The highest BCUT2D eigenvalue weighted by atomic mass is 35.5. The Bertz CT molecular complexity index is 1340. The van der Waals surface area contributed by atoms with Gasteiger partial charge in [-0.05, 0) is 86.6 Å². The number of aliphatic hydroxyl groups excluding tert-OH is 1. The van der Waals surface area contributed by atoms with Crippen molar-refractivity contribution in [2.24, 2.45) is 0 Å². The molecule has 0 fully saturated rings. The number of carboxylic acids is 1. The number of fused-ring (bicyclic) bond motifs is 1. The normalized spacial score (nSPS) is 15.9. The molecule has 1 aliphatic carbocycles. The predicted molar refractivity (Wildman–Crippen MR) is 144 cm³/mol. The summed E-state index contributed by atoms with van der Waals surface area (Å²) in [7, 11) is 0. The van der Waals surface area contributed by atoms with E-state index in [4.69, 9.17) is 21.4 Å². The van der Waals surface area contributed by atoms with Gasteiger partial charge in [-0.25, -0.2) is 14.0 Å². The van der Waals surface area contributed by atoms with Crippen LogP contribution in [0.1, 0.15) is 60.3 Å². The number of aromatic carboxylic acids is 1. The molecule has 0 unspecified atom stereocenters. The van der Waals surface area contributed by atoms with E-state index in [0.29, 0.717) is 41.0 Å². The number of aliphatic hydroxyl groups is 1. The Morgan fingerprint density at radius 2 is 1.79 bits per heavy atom. The monoisotopic (exact) mass is 539 g/mol. The zero-order chi connectivity index (χ0) is 27.6. The van der Waals surface area contributed by atoms with Crippen LogP contribution in [0.15, 0.2) is 60.7 Å². The Hall–Kier alpha value is -3.42. The standard InChI is InChI=1S/C30H31ClFNO5/c1-30(2,3)38-29(37)33(17-27(34)19-6-10-23(31)11-7-19)24-12-8-18-4-5-20(14-22(18)15-24)25-13-9-21(28(35)36)16-26(25)32/h4-7,9-11,13-14,16,24,27,34H,8,12,15,17H2,1-3H3,(H,35,36)/t24-,27+/m0/s1. The van der Waals surface area contributed by atoms with Gasteiger partial charge in [-0.1, -0.05) is 48.0 Å². The second-order valence-electron chi connectivity index (χ2n) is 10.6. The molecule has 0 aliphatic heterocycles. The van der Waals surface area contributed by atoms with Crippen molar-refractivity contribution in [3.8, 4) is 11.1 Å². The SMILES string of the molecule is CC(C)(C)OC(=O)N(C[C@@H](O)c1ccc(Cl)cc1)[C@H]1CCc2ccc(-c3ccc(C(=O)O)cc3F)cc2C1. The van der Waals surface area contributed by atoms with Crippen LogP contribution in [0.25, 0.3) is 11.1 Å². The predicted octanol–water partition coefficient (Wildman–Crippen LogP) is 6.67. The number of rotatable bonds is 6. The molecule has 1 aliphatic rings. The largest absolute Gasteiger partial charge is 0.478 e. The van der Waals surface area contributed by atoms with Crippen LogP contribution >= 0.6 is 11.6 Å². The van der Waals surface area contributed by atoms with E-state index < -0.39 is 29.6 Å². The Balaban J connectivity index is 1.61. The third-order valence-electron chi connectivity index (χ3n) is 6.63. The van der Waals surface area contributed by atoms with Gasteiger partial charge in [-0.15, -0.1) is 0 Å². The fourth-order valence-electron chi connectivity index (χ4n) is 4.72. The molecule has 2 N–H and O–H groups in total. The summed E-state index contributed by atoms with van der Waals surface area (Å²) in [6.07, 6.45) is 0.446. The fourth-order valence-corrected chi connectivity index (χ4v) is 4.85. The highest BCUT2D eigenvalue weighted by Crippen LogP contribution is 2.32. The topological polar surface area (TPSA) is 87.1 Å². The van der Waals surface area contributed by atoms with E-state index in [1.165, 1.54) is 12.1 Å². The van der Waals surface area contributed by atoms with E-state index in [1.807, 2.05) is 18.2 Å². The van der Waals surface area contributed by atoms with Crippen LogP contribution in [0.2, 0.25) is 5.02 Å². The zero-order valence-corrected chi connectivity index (χ0v) is 22.3. The first-order chi connectivity index (χ1) is 17.9. The minimum atomic E-state index is -1.19. The van der Waals surface area contributed by atoms with Crippen molar-refractivity contribution in [2.75, 3.05) is 6.54 Å². The first-order valence-electron chi connectivity index (χ1n) is 12.5. The van der Waals surface area contributed by atoms with Crippen LogP contribution in [0.5, 0.6) is 0 Å². The summed E-state index contributed by atoms with van der Waals surface area (Å²) in [5.74, 6) is -1.80. The molecule has 0 heterocycles. The Labute approximate surface area is 226 Å². The second kappa shape index (κ2) is 11.1. The molecule has 2 atom stereocenters. The Morgan fingerprint density at radius 3 is 2.42 bits per heavy atom. The van der Waals surface area contributed by atoms with Gasteiger partial charge >= 0.3 is 12.1 Å². The third kappa shape index (κ3) is 6.52. The molecule has 3 aromatic carbocycles. The number of carboxylic acid groups (broad SMARTS) is 1. The summed E-state index contributed by atoms with van der Waals surface area (Å²) in [6.45, 7) is 5.43. The average molecular weight is 540 g/mol. The molecular formula is C30H31ClFNO5. The maximum atomic E-state index is 14.8. The van der Waals surface area contributed by atoms with Gasteiger partial charge in [-0.3, -0.25) is 0 Å². The van der Waals surface area contributed by atoms with Crippen LogP contribution in [-0.4, -0.2) is 45.4 Å². The van der Waals surface area contributed by atoms with Gasteiger partial charge in [0.25, 0.3) is 0 Å². The van der Waals surface area contributed by atoms with Gasteiger partial charge in [0.05, 0.1) is 18.2 Å². The summed E-state index contributed by atoms with van der Waals surface area (Å²) in [6, 6.07) is 16.1. The number of benzene rings is 3. The fraction of sp³-hybridized carbons (Fsp3) is 0.333. The molecule has 0 saturated heterocycles. The van der Waals surface area contributed by atoms with Gasteiger partial charge in [0, 0.05) is 16.6 Å². The van der Waals surface area contributed by atoms with E-state index in [-0.39, 0.29) is 18.2 Å². The van der Waals surface area contributed by atoms with Crippen molar-refractivity contribution in [2.45, 2.75) is 57.8 Å². The van der Waals surface area contributed by atoms with Crippen LogP contribution in [-0.2, 0) is 17.6 Å². The lowest BCUT2D eigenvalue weighted by molar-refractivity contribution is 0.00194. The molecular weight excluding hydrogens is 509 g/mol. The molecule has 3 aromatic rings. The van der Waals surface area contributed by atoms with E-state index >= 15 is 0 Å². The van der Waals surface area contributed by atoms with Crippen molar-refractivity contribution in [3.63, 3.8) is 0 Å². The molecule has 6 nitrogen and oxygen atoms in total. The van der Waals surface area contributed by atoms with Crippen molar-refractivity contribution in [3.05, 3.63) is 93.8 Å². The van der Waals surface area contributed by atoms with Crippen LogP contribution in [0.4, 0.5) is 9.18 Å². The van der Waals surface area contributed by atoms with Crippen molar-refractivity contribution < 1.29 is 28.9 Å². The lowest BCUT2D eigenvalue weighted by atomic mass is 9.85. The van der Waals surface area contributed by atoms with Crippen LogP contribution in [0.3, 0.4) is 0 Å². The number of amides is 1. The van der Waals surface area contributed by atoms with E-state index in [2.05, 4.69) is 0 Å². The number of ether oxygens (including phenoxy) is 1. The molecule has 8 heteroatoms. The Morgan fingerprint density at radius 1 is 1.08 bits per heavy atom.